The van der Waals surface area contributed by atoms with E-state index in [2.05, 4.69) is 17.2 Å². The van der Waals surface area contributed by atoms with Crippen LogP contribution in [0.3, 0.4) is 0 Å². The van der Waals surface area contributed by atoms with Crippen molar-refractivity contribution in [3.05, 3.63) is 53.9 Å². The Morgan fingerprint density at radius 3 is 2.84 bits per heavy atom. The summed E-state index contributed by atoms with van der Waals surface area (Å²) in [6, 6.07) is 9.58. The molecule has 1 atom stereocenters. The van der Waals surface area contributed by atoms with Crippen LogP contribution in [0.1, 0.15) is 24.1 Å². The number of nitrogens with zero attached hydrogens (tertiary/aromatic N) is 1. The molecule has 0 saturated heterocycles. The number of aromatic hydroxyl groups is 1. The summed E-state index contributed by atoms with van der Waals surface area (Å²) in [5, 5.41) is 13.3. The molecule has 2 rings (SSSR count). The van der Waals surface area contributed by atoms with Crippen molar-refractivity contribution in [3.8, 4) is 11.5 Å². The number of rotatable bonds is 5. The molecule has 2 N–H and O–H groups in total. The van der Waals surface area contributed by atoms with Crippen LogP contribution in [0.4, 0.5) is 0 Å². The Kier molecular flexibility index (Phi) is 4.36. The van der Waals surface area contributed by atoms with Crippen LogP contribution in [0.25, 0.3) is 0 Å². The molecule has 0 saturated carbocycles. The number of benzene rings is 1. The van der Waals surface area contributed by atoms with E-state index in [-0.39, 0.29) is 11.8 Å². The molecule has 0 bridgehead atoms. The molecule has 0 aliphatic rings. The van der Waals surface area contributed by atoms with Crippen LogP contribution in [-0.2, 0) is 6.54 Å². The maximum absolute atomic E-state index is 9.99. The predicted molar refractivity (Wildman–Crippen MR) is 74.2 cm³/mol. The van der Waals surface area contributed by atoms with Crippen molar-refractivity contribution in [1.82, 2.24) is 10.3 Å². The second-order valence-electron chi connectivity index (χ2n) is 4.36. The third kappa shape index (κ3) is 3.23. The topological polar surface area (TPSA) is 54.4 Å². The summed E-state index contributed by atoms with van der Waals surface area (Å²) in [7, 11) is 1.55. The zero-order valence-electron chi connectivity index (χ0n) is 11.1. The number of para-hydroxylation sites is 1. The van der Waals surface area contributed by atoms with Crippen molar-refractivity contribution >= 4 is 0 Å². The van der Waals surface area contributed by atoms with Crippen LogP contribution in [-0.4, -0.2) is 17.2 Å². The number of nitrogens with one attached hydrogen (secondary N) is 1. The van der Waals surface area contributed by atoms with Gasteiger partial charge in [-0.25, -0.2) is 0 Å². The van der Waals surface area contributed by atoms with Crippen LogP contribution >= 0.6 is 0 Å². The average molecular weight is 258 g/mol. The Bertz CT molecular complexity index is 529. The van der Waals surface area contributed by atoms with Gasteiger partial charge in [-0.3, -0.25) is 4.98 Å². The van der Waals surface area contributed by atoms with Gasteiger partial charge in [0.15, 0.2) is 11.5 Å². The van der Waals surface area contributed by atoms with E-state index in [0.717, 1.165) is 11.1 Å². The third-order valence-electron chi connectivity index (χ3n) is 3.09. The molecule has 0 radical (unpaired) electrons. The zero-order valence-corrected chi connectivity index (χ0v) is 11.1. The van der Waals surface area contributed by atoms with E-state index >= 15 is 0 Å². The van der Waals surface area contributed by atoms with Crippen LogP contribution in [0.15, 0.2) is 42.7 Å². The standard InChI is InChI=1S/C15H18N2O2/c1-11(12-6-4-8-16-9-12)17-10-13-5-3-7-14(19-2)15(13)18/h3-9,11,17-18H,10H2,1-2H3. The lowest BCUT2D eigenvalue weighted by Crippen LogP contribution is -2.18. The average Bonchev–Trinajstić information content (AvgIpc) is 2.47. The molecule has 19 heavy (non-hydrogen) atoms. The minimum atomic E-state index is 0.166. The molecule has 0 aliphatic carbocycles. The fraction of sp³-hybridized carbons (Fsp3) is 0.267. The van der Waals surface area contributed by atoms with Crippen LogP contribution in [0, 0.1) is 0 Å². The van der Waals surface area contributed by atoms with Crippen molar-refractivity contribution in [1.29, 1.82) is 0 Å². The highest BCUT2D eigenvalue weighted by Crippen LogP contribution is 2.29. The normalized spacial score (nSPS) is 12.1. The van der Waals surface area contributed by atoms with E-state index in [9.17, 15) is 5.11 Å². The van der Waals surface area contributed by atoms with E-state index in [1.807, 2.05) is 30.5 Å². The van der Waals surface area contributed by atoms with Crippen LogP contribution in [0.2, 0.25) is 0 Å². The molecule has 4 heteroatoms. The van der Waals surface area contributed by atoms with Gasteiger partial charge in [0.25, 0.3) is 0 Å². The minimum absolute atomic E-state index is 0.166. The van der Waals surface area contributed by atoms with E-state index in [1.54, 1.807) is 19.4 Å². The molecule has 0 amide bonds. The largest absolute Gasteiger partial charge is 0.504 e. The van der Waals surface area contributed by atoms with Crippen molar-refractivity contribution in [2.75, 3.05) is 7.11 Å². The maximum Gasteiger partial charge on any atom is 0.162 e. The Morgan fingerprint density at radius 1 is 1.32 bits per heavy atom. The fourth-order valence-electron chi connectivity index (χ4n) is 1.89. The van der Waals surface area contributed by atoms with Crippen molar-refractivity contribution < 1.29 is 9.84 Å². The summed E-state index contributed by atoms with van der Waals surface area (Å²) >= 11 is 0. The van der Waals surface area contributed by atoms with E-state index in [1.165, 1.54) is 0 Å². The maximum atomic E-state index is 9.99. The van der Waals surface area contributed by atoms with Crippen molar-refractivity contribution in [3.63, 3.8) is 0 Å². The van der Waals surface area contributed by atoms with Gasteiger partial charge in [-0.05, 0) is 24.6 Å². The molecular formula is C15H18N2O2. The first-order chi connectivity index (χ1) is 9.22. The second kappa shape index (κ2) is 6.20. The van der Waals surface area contributed by atoms with Gasteiger partial charge in [-0.1, -0.05) is 18.2 Å². The number of ether oxygens (including phenoxy) is 1. The van der Waals surface area contributed by atoms with E-state index in [0.29, 0.717) is 12.3 Å². The molecule has 1 heterocycles. The summed E-state index contributed by atoms with van der Waals surface area (Å²) in [6.45, 7) is 2.63. The Hall–Kier alpha value is -2.07. The van der Waals surface area contributed by atoms with E-state index in [4.69, 9.17) is 4.74 Å². The number of hydrogen-bond donors (Lipinski definition) is 2. The third-order valence-corrected chi connectivity index (χ3v) is 3.09. The molecule has 1 unspecified atom stereocenters. The first-order valence-corrected chi connectivity index (χ1v) is 6.20. The molecule has 0 aliphatic heterocycles. The van der Waals surface area contributed by atoms with Crippen LogP contribution < -0.4 is 10.1 Å². The van der Waals surface area contributed by atoms with Gasteiger partial charge in [0.2, 0.25) is 0 Å². The summed E-state index contributed by atoms with van der Waals surface area (Å²) in [5.41, 5.74) is 1.93. The molecule has 4 nitrogen and oxygen atoms in total. The van der Waals surface area contributed by atoms with Crippen LogP contribution in [0.5, 0.6) is 11.5 Å². The Balaban J connectivity index is 2.03. The molecule has 100 valence electrons. The lowest BCUT2D eigenvalue weighted by molar-refractivity contribution is 0.369. The second-order valence-corrected chi connectivity index (χ2v) is 4.36. The monoisotopic (exact) mass is 258 g/mol. The highest BCUT2D eigenvalue weighted by Gasteiger charge is 2.09. The Labute approximate surface area is 113 Å². The summed E-state index contributed by atoms with van der Waals surface area (Å²) in [6.07, 6.45) is 3.59. The lowest BCUT2D eigenvalue weighted by Gasteiger charge is -2.15. The fourth-order valence-corrected chi connectivity index (χ4v) is 1.89. The smallest absolute Gasteiger partial charge is 0.162 e. The summed E-state index contributed by atoms with van der Waals surface area (Å²) < 4.78 is 5.09. The molecule has 0 fully saturated rings. The quantitative estimate of drug-likeness (QED) is 0.865. The van der Waals surface area contributed by atoms with Gasteiger partial charge in [-0.2, -0.15) is 0 Å². The predicted octanol–water partition coefficient (Wildman–Crippen LogP) is 2.65. The zero-order chi connectivity index (χ0) is 13.7. The first kappa shape index (κ1) is 13.4. The van der Waals surface area contributed by atoms with E-state index < -0.39 is 0 Å². The van der Waals surface area contributed by atoms with Crippen molar-refractivity contribution in [2.45, 2.75) is 19.5 Å². The number of pyridine rings is 1. The number of methoxy groups -OCH3 is 1. The van der Waals surface area contributed by atoms with Gasteiger partial charge >= 0.3 is 0 Å². The highest BCUT2D eigenvalue weighted by atomic mass is 16.5. The molecule has 0 spiro atoms. The van der Waals surface area contributed by atoms with Gasteiger partial charge in [0.05, 0.1) is 7.11 Å². The number of phenolic OH excluding ortho intramolecular Hbond substituents is 1. The summed E-state index contributed by atoms with van der Waals surface area (Å²) in [4.78, 5) is 4.10. The molecular weight excluding hydrogens is 240 g/mol. The molecule has 1 aromatic carbocycles. The van der Waals surface area contributed by atoms with Gasteiger partial charge in [-0.15, -0.1) is 0 Å². The van der Waals surface area contributed by atoms with Gasteiger partial charge < -0.3 is 15.2 Å². The Morgan fingerprint density at radius 2 is 2.16 bits per heavy atom. The number of hydrogen-bond acceptors (Lipinski definition) is 4. The number of phenols is 1. The van der Waals surface area contributed by atoms with Crippen molar-refractivity contribution in [2.24, 2.45) is 0 Å². The minimum Gasteiger partial charge on any atom is -0.504 e. The van der Waals surface area contributed by atoms with Gasteiger partial charge in [0.1, 0.15) is 0 Å². The lowest BCUT2D eigenvalue weighted by atomic mass is 10.1. The molecule has 2 aromatic rings. The highest BCUT2D eigenvalue weighted by molar-refractivity contribution is 5.45. The molecule has 1 aromatic heterocycles. The SMILES string of the molecule is COc1cccc(CNC(C)c2cccnc2)c1O. The number of aromatic nitrogens is 1. The van der Waals surface area contributed by atoms with Gasteiger partial charge in [0, 0.05) is 30.5 Å². The summed E-state index contributed by atoms with van der Waals surface area (Å²) in [5.74, 6) is 0.684. The first-order valence-electron chi connectivity index (χ1n) is 6.20.